The summed E-state index contributed by atoms with van der Waals surface area (Å²) >= 11 is 0. The zero-order chi connectivity index (χ0) is 19.9. The molecule has 0 saturated carbocycles. The predicted molar refractivity (Wildman–Crippen MR) is 114 cm³/mol. The van der Waals surface area contributed by atoms with Gasteiger partial charge >= 0.3 is 0 Å². The SMILES string of the molecule is Cc1ccccc1N1CN(c2ccc(C(C)(C)C)cc2)c2ncc(C#N)cc21. The number of fused-ring (bicyclic) bond motifs is 1. The van der Waals surface area contributed by atoms with Crippen LogP contribution in [0.25, 0.3) is 0 Å². The summed E-state index contributed by atoms with van der Waals surface area (Å²) < 4.78 is 0. The highest BCUT2D eigenvalue weighted by Gasteiger charge is 2.30. The molecular formula is C24H24N4. The quantitative estimate of drug-likeness (QED) is 0.573. The molecule has 1 aliphatic rings. The third-order valence-corrected chi connectivity index (χ3v) is 5.26. The number of pyridine rings is 1. The molecule has 2 heterocycles. The van der Waals surface area contributed by atoms with E-state index in [0.717, 1.165) is 22.9 Å². The molecule has 0 aliphatic carbocycles. The number of aromatic nitrogens is 1. The number of rotatable bonds is 2. The van der Waals surface area contributed by atoms with E-state index in [1.54, 1.807) is 6.20 Å². The van der Waals surface area contributed by atoms with Gasteiger partial charge < -0.3 is 9.80 Å². The normalized spacial score (nSPS) is 13.4. The van der Waals surface area contributed by atoms with Gasteiger partial charge in [0.1, 0.15) is 12.7 Å². The summed E-state index contributed by atoms with van der Waals surface area (Å²) in [5, 5.41) is 9.35. The maximum Gasteiger partial charge on any atom is 0.158 e. The Morgan fingerprint density at radius 2 is 1.68 bits per heavy atom. The van der Waals surface area contributed by atoms with Crippen LogP contribution in [0.2, 0.25) is 0 Å². The fourth-order valence-corrected chi connectivity index (χ4v) is 3.62. The molecule has 0 bridgehead atoms. The van der Waals surface area contributed by atoms with E-state index in [9.17, 15) is 5.26 Å². The highest BCUT2D eigenvalue weighted by molar-refractivity contribution is 5.85. The molecule has 4 heteroatoms. The molecule has 0 atom stereocenters. The Hall–Kier alpha value is -3.32. The van der Waals surface area contributed by atoms with Gasteiger partial charge in [0, 0.05) is 17.6 Å². The van der Waals surface area contributed by atoms with Crippen molar-refractivity contribution in [2.24, 2.45) is 0 Å². The van der Waals surface area contributed by atoms with Crippen LogP contribution in [0, 0.1) is 18.3 Å². The van der Waals surface area contributed by atoms with E-state index in [1.807, 2.05) is 18.2 Å². The largest absolute Gasteiger partial charge is 0.319 e. The van der Waals surface area contributed by atoms with E-state index in [1.165, 1.54) is 11.1 Å². The molecule has 0 fully saturated rings. The molecular weight excluding hydrogens is 344 g/mol. The summed E-state index contributed by atoms with van der Waals surface area (Å²) in [6, 6.07) is 21.2. The number of para-hydroxylation sites is 1. The van der Waals surface area contributed by atoms with Crippen LogP contribution in [0.4, 0.5) is 22.9 Å². The number of nitrogens with zero attached hydrogens (tertiary/aromatic N) is 4. The molecule has 0 spiro atoms. The Morgan fingerprint density at radius 1 is 0.964 bits per heavy atom. The number of benzene rings is 2. The van der Waals surface area contributed by atoms with Crippen molar-refractivity contribution >= 4 is 22.9 Å². The standard InChI is InChI=1S/C24H24N4/c1-17-7-5-6-8-21(17)28-16-27(23-22(28)13-18(14-25)15-26-23)20-11-9-19(10-12-20)24(2,3)4/h5-13,15H,16H2,1-4H3. The Balaban J connectivity index is 1.79. The van der Waals surface area contributed by atoms with Crippen LogP contribution in [0.1, 0.15) is 37.5 Å². The van der Waals surface area contributed by atoms with Gasteiger partial charge in [-0.15, -0.1) is 0 Å². The second-order valence-electron chi connectivity index (χ2n) is 8.26. The fraction of sp³-hybridized carbons (Fsp3) is 0.250. The van der Waals surface area contributed by atoms with Gasteiger partial charge in [-0.3, -0.25) is 0 Å². The van der Waals surface area contributed by atoms with Crippen LogP contribution in [-0.2, 0) is 5.41 Å². The van der Waals surface area contributed by atoms with E-state index >= 15 is 0 Å². The first-order valence-corrected chi connectivity index (χ1v) is 9.50. The smallest absolute Gasteiger partial charge is 0.158 e. The molecule has 1 aromatic heterocycles. The van der Waals surface area contributed by atoms with Gasteiger partial charge in [-0.1, -0.05) is 51.1 Å². The minimum Gasteiger partial charge on any atom is -0.319 e. The maximum atomic E-state index is 9.35. The van der Waals surface area contributed by atoms with Crippen molar-refractivity contribution in [3.8, 4) is 6.07 Å². The molecule has 0 saturated heterocycles. The van der Waals surface area contributed by atoms with Gasteiger partial charge in [0.2, 0.25) is 0 Å². The molecule has 28 heavy (non-hydrogen) atoms. The molecule has 0 amide bonds. The highest BCUT2D eigenvalue weighted by atomic mass is 15.4. The van der Waals surface area contributed by atoms with Gasteiger partial charge in [0.25, 0.3) is 0 Å². The molecule has 1 aliphatic heterocycles. The van der Waals surface area contributed by atoms with Gasteiger partial charge in [-0.05, 0) is 47.7 Å². The van der Waals surface area contributed by atoms with Crippen LogP contribution in [-0.4, -0.2) is 11.7 Å². The minimum absolute atomic E-state index is 0.120. The van der Waals surface area contributed by atoms with Crippen LogP contribution in [0.5, 0.6) is 0 Å². The van der Waals surface area contributed by atoms with E-state index in [-0.39, 0.29) is 5.41 Å². The summed E-state index contributed by atoms with van der Waals surface area (Å²) in [4.78, 5) is 9.06. The Morgan fingerprint density at radius 3 is 2.32 bits per heavy atom. The topological polar surface area (TPSA) is 43.2 Å². The van der Waals surface area contributed by atoms with Crippen LogP contribution >= 0.6 is 0 Å². The molecule has 0 N–H and O–H groups in total. The highest BCUT2D eigenvalue weighted by Crippen LogP contribution is 2.44. The van der Waals surface area contributed by atoms with Gasteiger partial charge in [-0.2, -0.15) is 5.26 Å². The molecule has 4 nitrogen and oxygen atoms in total. The molecule has 2 aromatic carbocycles. The Kier molecular flexibility index (Phi) is 4.31. The van der Waals surface area contributed by atoms with E-state index < -0.39 is 0 Å². The maximum absolute atomic E-state index is 9.35. The van der Waals surface area contributed by atoms with E-state index in [2.05, 4.69) is 84.9 Å². The molecule has 3 aromatic rings. The number of hydrogen-bond donors (Lipinski definition) is 0. The lowest BCUT2D eigenvalue weighted by atomic mass is 9.87. The van der Waals surface area contributed by atoms with Crippen molar-refractivity contribution in [3.05, 3.63) is 77.5 Å². The zero-order valence-corrected chi connectivity index (χ0v) is 16.8. The molecule has 4 rings (SSSR count). The van der Waals surface area contributed by atoms with E-state index in [0.29, 0.717) is 12.2 Å². The lowest BCUT2D eigenvalue weighted by Gasteiger charge is -2.24. The lowest BCUT2D eigenvalue weighted by molar-refractivity contribution is 0.590. The summed E-state index contributed by atoms with van der Waals surface area (Å²) in [6.07, 6.45) is 1.65. The Bertz CT molecular complexity index is 1060. The second kappa shape index (κ2) is 6.69. The molecule has 0 unspecified atom stereocenters. The average molecular weight is 368 g/mol. The van der Waals surface area contributed by atoms with Crippen molar-refractivity contribution in [2.45, 2.75) is 33.1 Å². The van der Waals surface area contributed by atoms with Crippen molar-refractivity contribution in [1.82, 2.24) is 4.98 Å². The fourth-order valence-electron chi connectivity index (χ4n) is 3.62. The summed E-state index contributed by atoms with van der Waals surface area (Å²) in [5.74, 6) is 0.880. The summed E-state index contributed by atoms with van der Waals surface area (Å²) in [7, 11) is 0. The van der Waals surface area contributed by atoms with Crippen LogP contribution in [0.3, 0.4) is 0 Å². The third kappa shape index (κ3) is 3.10. The van der Waals surface area contributed by atoms with Gasteiger partial charge in [-0.25, -0.2) is 4.98 Å². The second-order valence-corrected chi connectivity index (χ2v) is 8.26. The average Bonchev–Trinajstić information content (AvgIpc) is 3.06. The first kappa shape index (κ1) is 18.1. The lowest BCUT2D eigenvalue weighted by Crippen LogP contribution is -2.24. The summed E-state index contributed by atoms with van der Waals surface area (Å²) in [5.41, 5.74) is 6.39. The molecule has 0 radical (unpaired) electrons. The number of anilines is 4. The third-order valence-electron chi connectivity index (χ3n) is 5.26. The number of aryl methyl sites for hydroxylation is 1. The molecule has 140 valence electrons. The minimum atomic E-state index is 0.120. The van der Waals surface area contributed by atoms with Gasteiger partial charge in [0.05, 0.1) is 11.3 Å². The number of nitriles is 1. The van der Waals surface area contributed by atoms with Crippen molar-refractivity contribution in [3.63, 3.8) is 0 Å². The van der Waals surface area contributed by atoms with Crippen LogP contribution in [0.15, 0.2) is 60.8 Å². The first-order chi connectivity index (χ1) is 13.4. The zero-order valence-electron chi connectivity index (χ0n) is 16.8. The number of hydrogen-bond acceptors (Lipinski definition) is 4. The van der Waals surface area contributed by atoms with E-state index in [4.69, 9.17) is 0 Å². The van der Waals surface area contributed by atoms with Crippen molar-refractivity contribution < 1.29 is 0 Å². The van der Waals surface area contributed by atoms with Crippen molar-refractivity contribution in [2.75, 3.05) is 16.5 Å². The summed E-state index contributed by atoms with van der Waals surface area (Å²) in [6.45, 7) is 9.43. The Labute approximate surface area is 166 Å². The first-order valence-electron chi connectivity index (χ1n) is 9.50. The predicted octanol–water partition coefficient (Wildman–Crippen LogP) is 5.81. The monoisotopic (exact) mass is 368 g/mol. The van der Waals surface area contributed by atoms with Gasteiger partial charge in [0.15, 0.2) is 5.82 Å². The van der Waals surface area contributed by atoms with Crippen molar-refractivity contribution in [1.29, 1.82) is 5.26 Å². The van der Waals surface area contributed by atoms with Crippen LogP contribution < -0.4 is 9.80 Å².